The van der Waals surface area contributed by atoms with E-state index < -0.39 is 0 Å². The topological polar surface area (TPSA) is 64.7 Å². The third-order valence-electron chi connectivity index (χ3n) is 12.1. The molecular formula is C53H34N4O. The summed E-state index contributed by atoms with van der Waals surface area (Å²) in [5.74, 6) is 2.51. The van der Waals surface area contributed by atoms with Crippen LogP contribution < -0.4 is 0 Å². The Hall–Kier alpha value is -7.50. The van der Waals surface area contributed by atoms with Gasteiger partial charge in [0.25, 0.3) is 0 Å². The third kappa shape index (κ3) is 4.90. The van der Waals surface area contributed by atoms with Crippen molar-refractivity contribution in [2.45, 2.75) is 19.3 Å². The van der Waals surface area contributed by atoms with Crippen molar-refractivity contribution < 1.29 is 4.42 Å². The van der Waals surface area contributed by atoms with E-state index in [0.29, 0.717) is 23.4 Å². The predicted octanol–water partition coefficient (Wildman–Crippen LogP) is 13.6. The van der Waals surface area contributed by atoms with Crippen LogP contribution in [0, 0.1) is 0 Å². The molecule has 5 nitrogen and oxygen atoms in total. The first-order valence-electron chi connectivity index (χ1n) is 19.7. The van der Waals surface area contributed by atoms with Crippen LogP contribution in [-0.4, -0.2) is 19.9 Å². The Balaban J connectivity index is 1.09. The molecule has 0 saturated heterocycles. The first kappa shape index (κ1) is 32.7. The standard InChI is InChI=1S/C53H34N4O/c1-53(2)43-18-9-8-15-39(43)40-27-24-37(30-44(40)53)50-55-49(36-22-19-31-11-6-7-14-35(31)29-36)56-51(57-50)42-17-10-16-41-38(42)26-23-32-20-21-33-25-28-45-48(47(33)46(32)41)58-52(54-45)34-12-4-3-5-13-34/h3-30H,1-2H3. The van der Waals surface area contributed by atoms with Gasteiger partial charge in [0.05, 0.1) is 0 Å². The van der Waals surface area contributed by atoms with Gasteiger partial charge in [-0.3, -0.25) is 0 Å². The summed E-state index contributed by atoms with van der Waals surface area (Å²) in [7, 11) is 0. The minimum atomic E-state index is -0.158. The van der Waals surface area contributed by atoms with Crippen molar-refractivity contribution in [1.29, 1.82) is 0 Å². The zero-order valence-corrected chi connectivity index (χ0v) is 31.9. The number of oxazole rings is 1. The highest BCUT2D eigenvalue weighted by Gasteiger charge is 2.35. The molecule has 0 bridgehead atoms. The molecule has 0 atom stereocenters. The van der Waals surface area contributed by atoms with Crippen LogP contribution in [0.1, 0.15) is 25.0 Å². The van der Waals surface area contributed by atoms with Crippen molar-refractivity contribution in [3.8, 4) is 56.7 Å². The van der Waals surface area contributed by atoms with E-state index in [-0.39, 0.29) is 5.41 Å². The van der Waals surface area contributed by atoms with Gasteiger partial charge >= 0.3 is 0 Å². The van der Waals surface area contributed by atoms with Crippen molar-refractivity contribution in [3.05, 3.63) is 181 Å². The second-order valence-corrected chi connectivity index (χ2v) is 15.8. The van der Waals surface area contributed by atoms with E-state index in [1.165, 1.54) is 27.6 Å². The Labute approximate surface area is 334 Å². The molecule has 0 radical (unpaired) electrons. The SMILES string of the molecule is CC1(C)c2ccccc2-c2ccc(-c3nc(-c4ccc5ccccc5c4)nc(-c4cccc5c4ccc4ccc6ccc7nc(-c8ccccc8)oc7c6c45)n3)cc21. The van der Waals surface area contributed by atoms with Gasteiger partial charge in [-0.2, -0.15) is 0 Å². The van der Waals surface area contributed by atoms with Crippen LogP contribution in [0.2, 0.25) is 0 Å². The molecular weight excluding hydrogens is 709 g/mol. The third-order valence-corrected chi connectivity index (χ3v) is 12.1. The summed E-state index contributed by atoms with van der Waals surface area (Å²) < 4.78 is 6.62. The quantitative estimate of drug-likeness (QED) is 0.168. The van der Waals surface area contributed by atoms with Crippen LogP contribution >= 0.6 is 0 Å². The molecule has 0 amide bonds. The van der Waals surface area contributed by atoms with Crippen molar-refractivity contribution in [2.24, 2.45) is 0 Å². The van der Waals surface area contributed by atoms with Gasteiger partial charge in [-0.15, -0.1) is 0 Å². The van der Waals surface area contributed by atoms with E-state index in [4.69, 9.17) is 24.4 Å². The van der Waals surface area contributed by atoms with Crippen LogP contribution in [0.4, 0.5) is 0 Å². The van der Waals surface area contributed by atoms with Crippen LogP contribution in [-0.2, 0) is 5.41 Å². The number of aromatic nitrogens is 4. The molecule has 272 valence electrons. The van der Waals surface area contributed by atoms with Crippen molar-refractivity contribution >= 4 is 54.2 Å². The van der Waals surface area contributed by atoms with Gasteiger partial charge in [0.15, 0.2) is 23.1 Å². The molecule has 12 rings (SSSR count). The summed E-state index contributed by atoms with van der Waals surface area (Å²) >= 11 is 0. The van der Waals surface area contributed by atoms with Crippen LogP contribution in [0.3, 0.4) is 0 Å². The van der Waals surface area contributed by atoms with Crippen LogP contribution in [0.5, 0.6) is 0 Å². The fourth-order valence-corrected chi connectivity index (χ4v) is 9.20. The molecule has 0 fully saturated rings. The van der Waals surface area contributed by atoms with Gasteiger partial charge < -0.3 is 4.42 Å². The van der Waals surface area contributed by atoms with Gasteiger partial charge in [0, 0.05) is 38.4 Å². The van der Waals surface area contributed by atoms with E-state index in [9.17, 15) is 0 Å². The summed E-state index contributed by atoms with van der Waals surface area (Å²) in [5.41, 5.74) is 10.4. The molecule has 0 unspecified atom stereocenters. The van der Waals surface area contributed by atoms with Crippen molar-refractivity contribution in [2.75, 3.05) is 0 Å². The van der Waals surface area contributed by atoms with Crippen LogP contribution in [0.25, 0.3) is 111 Å². The Morgan fingerprint density at radius 2 is 1.03 bits per heavy atom. The highest BCUT2D eigenvalue weighted by molar-refractivity contribution is 6.27. The summed E-state index contributed by atoms with van der Waals surface area (Å²) in [6.07, 6.45) is 0. The number of benzene rings is 9. The number of hydrogen-bond acceptors (Lipinski definition) is 5. The molecule has 58 heavy (non-hydrogen) atoms. The van der Waals surface area contributed by atoms with Gasteiger partial charge in [-0.25, -0.2) is 19.9 Å². The van der Waals surface area contributed by atoms with Gasteiger partial charge in [0.1, 0.15) is 5.52 Å². The van der Waals surface area contributed by atoms with E-state index in [1.807, 2.05) is 30.3 Å². The zero-order valence-electron chi connectivity index (χ0n) is 31.9. The maximum absolute atomic E-state index is 6.62. The molecule has 1 aliphatic rings. The highest BCUT2D eigenvalue weighted by Crippen LogP contribution is 2.49. The lowest BCUT2D eigenvalue weighted by Crippen LogP contribution is -2.15. The number of hydrogen-bond donors (Lipinski definition) is 0. The molecule has 5 heteroatoms. The average molecular weight is 743 g/mol. The lowest BCUT2D eigenvalue weighted by atomic mass is 9.82. The van der Waals surface area contributed by atoms with E-state index in [1.54, 1.807) is 0 Å². The van der Waals surface area contributed by atoms with Gasteiger partial charge in [-0.1, -0.05) is 153 Å². The smallest absolute Gasteiger partial charge is 0.227 e. The lowest BCUT2D eigenvalue weighted by molar-refractivity contribution is 0.623. The Bertz CT molecular complexity index is 3490. The summed E-state index contributed by atoms with van der Waals surface area (Å²) in [6.45, 7) is 4.61. The molecule has 2 heterocycles. The monoisotopic (exact) mass is 742 g/mol. The van der Waals surface area contributed by atoms with E-state index in [2.05, 4.69) is 153 Å². The molecule has 0 aliphatic heterocycles. The molecule has 11 aromatic rings. The highest BCUT2D eigenvalue weighted by atomic mass is 16.3. The fraction of sp³-hybridized carbons (Fsp3) is 0.0566. The van der Waals surface area contributed by atoms with Gasteiger partial charge in [-0.05, 0) is 84.9 Å². The van der Waals surface area contributed by atoms with Crippen LogP contribution in [0.15, 0.2) is 174 Å². The maximum Gasteiger partial charge on any atom is 0.227 e. The largest absolute Gasteiger partial charge is 0.435 e. The number of fused-ring (bicyclic) bond motifs is 11. The number of rotatable bonds is 4. The van der Waals surface area contributed by atoms with Crippen molar-refractivity contribution in [1.82, 2.24) is 19.9 Å². The van der Waals surface area contributed by atoms with Gasteiger partial charge in [0.2, 0.25) is 5.89 Å². The van der Waals surface area contributed by atoms with Crippen molar-refractivity contribution in [3.63, 3.8) is 0 Å². The second kappa shape index (κ2) is 12.2. The first-order chi connectivity index (χ1) is 28.5. The first-order valence-corrected chi connectivity index (χ1v) is 19.7. The second-order valence-electron chi connectivity index (χ2n) is 15.8. The predicted molar refractivity (Wildman–Crippen MR) is 237 cm³/mol. The Morgan fingerprint density at radius 3 is 1.90 bits per heavy atom. The Morgan fingerprint density at radius 1 is 0.397 bits per heavy atom. The zero-order chi connectivity index (χ0) is 38.5. The van der Waals surface area contributed by atoms with E-state index in [0.717, 1.165) is 71.1 Å². The average Bonchev–Trinajstić information content (AvgIpc) is 3.82. The normalized spacial score (nSPS) is 13.1. The molecule has 2 aromatic heterocycles. The molecule has 9 aromatic carbocycles. The fourth-order valence-electron chi connectivity index (χ4n) is 9.20. The summed E-state index contributed by atoms with van der Waals surface area (Å²) in [5, 5.41) is 8.83. The van der Waals surface area contributed by atoms with E-state index >= 15 is 0 Å². The molecule has 0 spiro atoms. The minimum absolute atomic E-state index is 0.158. The molecule has 0 saturated carbocycles. The summed E-state index contributed by atoms with van der Waals surface area (Å²) in [6, 6.07) is 59.7. The minimum Gasteiger partial charge on any atom is -0.435 e. The summed E-state index contributed by atoms with van der Waals surface area (Å²) in [4.78, 5) is 20.7. The lowest BCUT2D eigenvalue weighted by Gasteiger charge is -2.21. The molecule has 0 N–H and O–H groups in total. The maximum atomic E-state index is 6.62. The molecule has 1 aliphatic carbocycles. The Kier molecular flexibility index (Phi) is 6.91. The number of nitrogens with zero attached hydrogens (tertiary/aromatic N) is 4.